The minimum absolute atomic E-state index is 0.0245. The number of aromatic amines is 1. The molecule has 4 rings (SSSR count). The molecule has 1 amide bonds. The van der Waals surface area contributed by atoms with E-state index in [-0.39, 0.29) is 33.9 Å². The molecule has 0 saturated carbocycles. The summed E-state index contributed by atoms with van der Waals surface area (Å²) >= 11 is 13.2. The first-order valence-electron chi connectivity index (χ1n) is 10.6. The van der Waals surface area contributed by atoms with Crippen LogP contribution in [0.5, 0.6) is 0 Å². The van der Waals surface area contributed by atoms with E-state index in [2.05, 4.69) is 20.3 Å². The molecule has 0 bridgehead atoms. The van der Waals surface area contributed by atoms with Crippen LogP contribution in [0.1, 0.15) is 32.3 Å². The number of esters is 1. The number of methoxy groups -OCH3 is 2. The number of carbonyl (C=O) groups excluding carboxylic acids is 2. The van der Waals surface area contributed by atoms with Gasteiger partial charge in [0.05, 0.1) is 29.7 Å². The Bertz CT molecular complexity index is 1240. The molecule has 0 spiro atoms. The van der Waals surface area contributed by atoms with Gasteiger partial charge in [0.25, 0.3) is 5.91 Å². The van der Waals surface area contributed by atoms with Crippen LogP contribution >= 0.6 is 34.5 Å². The van der Waals surface area contributed by atoms with Crippen molar-refractivity contribution in [3.8, 4) is 11.5 Å². The lowest BCUT2D eigenvalue weighted by molar-refractivity contribution is 0.0606. The topological polar surface area (TPSA) is 114 Å². The molecule has 0 radical (unpaired) electrons. The molecule has 1 fully saturated rings. The molecule has 0 aromatic carbocycles. The number of H-pyrrole nitrogens is 1. The van der Waals surface area contributed by atoms with Gasteiger partial charge < -0.3 is 29.2 Å². The van der Waals surface area contributed by atoms with Gasteiger partial charge in [-0.05, 0) is 13.3 Å². The number of anilines is 1. The SMILES string of the molecule is COCn1ccnc1-c1nc(N2CC[C@@H](NC(=O)c3[nH]c(C)c(Cl)c3Cl)[C@@H](F)C2)sc1C(=O)OC. The number of ether oxygens (including phenoxy) is 2. The molecule has 2 atom stereocenters. The molecule has 2 N–H and O–H groups in total. The number of nitrogens with one attached hydrogen (secondary N) is 2. The number of aryl methyl sites for hydroxylation is 1. The van der Waals surface area contributed by atoms with Crippen molar-refractivity contribution < 1.29 is 23.5 Å². The van der Waals surface area contributed by atoms with Gasteiger partial charge >= 0.3 is 5.97 Å². The zero-order valence-electron chi connectivity index (χ0n) is 19.1. The van der Waals surface area contributed by atoms with Crippen LogP contribution in [0.15, 0.2) is 12.4 Å². The number of hydrogen-bond donors (Lipinski definition) is 2. The molecule has 35 heavy (non-hydrogen) atoms. The third-order valence-corrected chi connectivity index (χ3v) is 7.63. The number of thiazole rings is 1. The molecule has 4 heterocycles. The lowest BCUT2D eigenvalue weighted by atomic mass is 10.0. The van der Waals surface area contributed by atoms with Gasteiger partial charge in [0.1, 0.15) is 29.2 Å². The molecule has 188 valence electrons. The zero-order chi connectivity index (χ0) is 25.3. The van der Waals surface area contributed by atoms with Gasteiger partial charge in [-0.1, -0.05) is 34.5 Å². The monoisotopic (exact) mass is 544 g/mol. The fraction of sp³-hybridized carbons (Fsp3) is 0.429. The van der Waals surface area contributed by atoms with Crippen LogP contribution in [0, 0.1) is 6.92 Å². The quantitative estimate of drug-likeness (QED) is 0.436. The molecule has 1 saturated heterocycles. The first kappa shape index (κ1) is 25.4. The number of nitrogens with zero attached hydrogens (tertiary/aromatic N) is 4. The molecule has 0 unspecified atom stereocenters. The number of rotatable bonds is 7. The Morgan fingerprint density at radius 2 is 2.11 bits per heavy atom. The van der Waals surface area contributed by atoms with Gasteiger partial charge in [-0.2, -0.15) is 0 Å². The lowest BCUT2D eigenvalue weighted by Gasteiger charge is -2.34. The van der Waals surface area contributed by atoms with E-state index in [1.807, 2.05) is 0 Å². The largest absolute Gasteiger partial charge is 0.465 e. The summed E-state index contributed by atoms with van der Waals surface area (Å²) in [4.78, 5) is 38.8. The number of carbonyl (C=O) groups is 2. The highest BCUT2D eigenvalue weighted by atomic mass is 35.5. The summed E-state index contributed by atoms with van der Waals surface area (Å²) < 4.78 is 26.9. The fourth-order valence-electron chi connectivity index (χ4n) is 3.81. The van der Waals surface area contributed by atoms with E-state index in [0.717, 1.165) is 11.3 Å². The third-order valence-electron chi connectivity index (χ3n) is 5.59. The van der Waals surface area contributed by atoms with Crippen LogP contribution in [-0.2, 0) is 16.2 Å². The highest BCUT2D eigenvalue weighted by Gasteiger charge is 2.34. The second kappa shape index (κ2) is 10.5. The van der Waals surface area contributed by atoms with Gasteiger partial charge in [0, 0.05) is 31.7 Å². The van der Waals surface area contributed by atoms with E-state index in [4.69, 9.17) is 32.7 Å². The Morgan fingerprint density at radius 3 is 2.74 bits per heavy atom. The Labute approximate surface area is 214 Å². The molecule has 1 aliphatic rings. The number of aromatic nitrogens is 4. The highest BCUT2D eigenvalue weighted by Crippen LogP contribution is 2.35. The van der Waals surface area contributed by atoms with E-state index in [0.29, 0.717) is 35.3 Å². The Hall–Kier alpha value is -2.67. The summed E-state index contributed by atoms with van der Waals surface area (Å²) in [6.07, 6.45) is 2.21. The van der Waals surface area contributed by atoms with Gasteiger partial charge in [-0.25, -0.2) is 19.2 Å². The van der Waals surface area contributed by atoms with Crippen LogP contribution in [0.25, 0.3) is 11.5 Å². The fourth-order valence-corrected chi connectivity index (χ4v) is 5.24. The predicted molar refractivity (Wildman–Crippen MR) is 130 cm³/mol. The minimum Gasteiger partial charge on any atom is -0.465 e. The molecule has 3 aromatic rings. The standard InChI is InChI=1S/C21H23Cl2FN6O4S/c1-10-13(22)14(23)15(26-10)19(31)27-12-4-6-29(8-11(12)24)21-28-16(17(35-21)20(32)34-3)18-25-5-7-30(18)9-33-2/h5,7,11-12,26H,4,6,8-9H2,1-3H3,(H,27,31)/t11-,12+/m0/s1. The van der Waals surface area contributed by atoms with Crippen LogP contribution in [0.3, 0.4) is 0 Å². The summed E-state index contributed by atoms with van der Waals surface area (Å²) in [6, 6.07) is -0.725. The van der Waals surface area contributed by atoms with Gasteiger partial charge in [-0.3, -0.25) is 4.79 Å². The molecular weight excluding hydrogens is 522 g/mol. The normalized spacial score (nSPS) is 18.1. The van der Waals surface area contributed by atoms with Crippen molar-refractivity contribution in [3.05, 3.63) is 38.7 Å². The van der Waals surface area contributed by atoms with Crippen LogP contribution in [0.2, 0.25) is 10.0 Å². The number of amides is 1. The number of imidazole rings is 1. The van der Waals surface area contributed by atoms with Crippen LogP contribution in [-0.4, -0.2) is 70.9 Å². The average Bonchev–Trinajstić information content (AvgIpc) is 3.54. The third kappa shape index (κ3) is 5.01. The molecule has 1 aliphatic heterocycles. The predicted octanol–water partition coefficient (Wildman–Crippen LogP) is 3.69. The molecule has 3 aromatic heterocycles. The van der Waals surface area contributed by atoms with Gasteiger partial charge in [0.15, 0.2) is 11.0 Å². The van der Waals surface area contributed by atoms with Crippen molar-refractivity contribution in [2.75, 3.05) is 32.2 Å². The van der Waals surface area contributed by atoms with Crippen molar-refractivity contribution in [2.45, 2.75) is 32.3 Å². The smallest absolute Gasteiger partial charge is 0.350 e. The van der Waals surface area contributed by atoms with Crippen molar-refractivity contribution in [3.63, 3.8) is 0 Å². The van der Waals surface area contributed by atoms with Crippen LogP contribution < -0.4 is 10.2 Å². The Balaban J connectivity index is 1.51. The maximum atomic E-state index is 15.1. The summed E-state index contributed by atoms with van der Waals surface area (Å²) in [5.41, 5.74) is 0.988. The average molecular weight is 545 g/mol. The van der Waals surface area contributed by atoms with Crippen molar-refractivity contribution >= 4 is 51.5 Å². The number of halogens is 3. The van der Waals surface area contributed by atoms with Crippen molar-refractivity contribution in [1.82, 2.24) is 24.8 Å². The molecular formula is C21H23Cl2FN6O4S. The van der Waals surface area contributed by atoms with E-state index >= 15 is 4.39 Å². The second-order valence-electron chi connectivity index (χ2n) is 7.89. The van der Waals surface area contributed by atoms with Crippen LogP contribution in [0.4, 0.5) is 9.52 Å². The first-order valence-corrected chi connectivity index (χ1v) is 12.1. The maximum absolute atomic E-state index is 15.1. The number of hydrogen-bond acceptors (Lipinski definition) is 8. The summed E-state index contributed by atoms with van der Waals surface area (Å²) in [5, 5.41) is 3.51. The first-order chi connectivity index (χ1) is 16.7. The minimum atomic E-state index is -1.39. The summed E-state index contributed by atoms with van der Waals surface area (Å²) in [6.45, 7) is 2.29. The van der Waals surface area contributed by atoms with E-state index in [1.54, 1.807) is 35.9 Å². The van der Waals surface area contributed by atoms with Gasteiger partial charge in [-0.15, -0.1) is 0 Å². The van der Waals surface area contributed by atoms with Crippen molar-refractivity contribution in [1.29, 1.82) is 0 Å². The molecule has 14 heteroatoms. The highest BCUT2D eigenvalue weighted by molar-refractivity contribution is 7.17. The van der Waals surface area contributed by atoms with E-state index < -0.39 is 24.1 Å². The second-order valence-corrected chi connectivity index (χ2v) is 9.62. The number of alkyl halides is 1. The van der Waals surface area contributed by atoms with E-state index in [9.17, 15) is 9.59 Å². The van der Waals surface area contributed by atoms with E-state index in [1.165, 1.54) is 7.11 Å². The Kier molecular flexibility index (Phi) is 7.64. The Morgan fingerprint density at radius 1 is 1.34 bits per heavy atom. The van der Waals surface area contributed by atoms with Crippen molar-refractivity contribution in [2.24, 2.45) is 0 Å². The molecule has 0 aliphatic carbocycles. The van der Waals surface area contributed by atoms with Gasteiger partial charge in [0.2, 0.25) is 0 Å². The zero-order valence-corrected chi connectivity index (χ0v) is 21.4. The lowest BCUT2D eigenvalue weighted by Crippen LogP contribution is -2.52. The summed E-state index contributed by atoms with van der Waals surface area (Å²) in [5.74, 6) is -0.655. The number of piperidine rings is 1. The summed E-state index contributed by atoms with van der Waals surface area (Å²) in [7, 11) is 2.82. The maximum Gasteiger partial charge on any atom is 0.350 e. The molecule has 10 nitrogen and oxygen atoms in total.